The summed E-state index contributed by atoms with van der Waals surface area (Å²) in [6.45, 7) is 4.59. The Morgan fingerprint density at radius 1 is 0.436 bits per heavy atom. The van der Waals surface area contributed by atoms with Gasteiger partial charge in [0.15, 0.2) is 0 Å². The maximum absolute atomic E-state index is 5.52. The summed E-state index contributed by atoms with van der Waals surface area (Å²) in [6, 6.07) is 13.1. The monoisotopic (exact) mass is 788 g/mol. The molecule has 0 aliphatic heterocycles. The highest BCUT2D eigenvalue weighted by Crippen LogP contribution is 2.47. The summed E-state index contributed by atoms with van der Waals surface area (Å²) in [4.78, 5) is 25.7. The predicted molar refractivity (Wildman–Crippen MR) is 243 cm³/mol. The molecule has 6 aromatic heterocycles. The van der Waals surface area contributed by atoms with Crippen LogP contribution >= 0.6 is 34.0 Å². The molecule has 0 amide bonds. The molecule has 7 heteroatoms. The van der Waals surface area contributed by atoms with Crippen LogP contribution in [0.25, 0.3) is 63.4 Å². The quantitative estimate of drug-likeness (QED) is 0.0452. The van der Waals surface area contributed by atoms with Crippen molar-refractivity contribution in [1.82, 2.24) is 19.9 Å². The maximum atomic E-state index is 5.52. The van der Waals surface area contributed by atoms with Crippen LogP contribution in [0.1, 0.15) is 153 Å². The van der Waals surface area contributed by atoms with Crippen molar-refractivity contribution in [3.8, 4) is 19.5 Å². The number of thiophene rings is 3. The van der Waals surface area contributed by atoms with Gasteiger partial charge in [-0.3, -0.25) is 9.97 Å². The van der Waals surface area contributed by atoms with Crippen molar-refractivity contribution >= 4 is 77.9 Å². The van der Waals surface area contributed by atoms with Gasteiger partial charge in [0.1, 0.15) is 11.0 Å². The standard InChI is InChI=1S/C48H60N4S3/c1-3-5-7-9-11-13-15-17-19-21-25-35-31-39(53-33-35)47-45-46(52-44-38-28-24-30-50-42(38)41-37(43(44)51-45)27-23-29-49-41)48(55-47)40-32-36(34-54-40)26-22-20-18-16-14-12-10-8-6-4-2/h23-24,27-34H,3-22,25-26H2,1-2H3. The van der Waals surface area contributed by atoms with Gasteiger partial charge in [0, 0.05) is 32.9 Å². The van der Waals surface area contributed by atoms with Crippen molar-refractivity contribution in [2.45, 2.75) is 155 Å². The Morgan fingerprint density at radius 3 is 1.22 bits per heavy atom. The second-order valence-electron chi connectivity index (χ2n) is 15.7. The third kappa shape index (κ3) is 10.2. The fraction of sp³-hybridized carbons (Fsp3) is 0.500. The summed E-state index contributed by atoms with van der Waals surface area (Å²) in [7, 11) is 0. The zero-order valence-corrected chi connectivity index (χ0v) is 35.8. The first-order valence-corrected chi connectivity index (χ1v) is 24.2. The molecule has 6 heterocycles. The lowest BCUT2D eigenvalue weighted by Gasteiger charge is -2.08. The smallest absolute Gasteiger partial charge is 0.110 e. The molecular formula is C48H60N4S3. The van der Waals surface area contributed by atoms with Crippen LogP contribution in [-0.4, -0.2) is 19.9 Å². The van der Waals surface area contributed by atoms with Gasteiger partial charge in [-0.2, -0.15) is 0 Å². The number of benzene rings is 1. The van der Waals surface area contributed by atoms with E-state index in [1.54, 1.807) is 0 Å². The average molecular weight is 789 g/mol. The lowest BCUT2D eigenvalue weighted by Crippen LogP contribution is -1.93. The van der Waals surface area contributed by atoms with Gasteiger partial charge in [-0.15, -0.1) is 34.0 Å². The zero-order valence-electron chi connectivity index (χ0n) is 33.3. The van der Waals surface area contributed by atoms with Gasteiger partial charge >= 0.3 is 0 Å². The number of hydrogen-bond acceptors (Lipinski definition) is 7. The minimum Gasteiger partial charge on any atom is -0.254 e. The highest BCUT2D eigenvalue weighted by atomic mass is 32.1. The number of hydrogen-bond donors (Lipinski definition) is 0. The van der Waals surface area contributed by atoms with E-state index in [9.17, 15) is 0 Å². The Labute approximate surface area is 341 Å². The van der Waals surface area contributed by atoms with E-state index in [1.807, 2.05) is 58.5 Å². The highest BCUT2D eigenvalue weighted by molar-refractivity contribution is 7.27. The average Bonchev–Trinajstić information content (AvgIpc) is 3.98. The molecule has 0 bridgehead atoms. The van der Waals surface area contributed by atoms with E-state index < -0.39 is 0 Å². The lowest BCUT2D eigenvalue weighted by molar-refractivity contribution is 0.556. The molecule has 0 aliphatic rings. The third-order valence-electron chi connectivity index (χ3n) is 11.3. The van der Waals surface area contributed by atoms with E-state index in [4.69, 9.17) is 19.9 Å². The number of nitrogens with zero attached hydrogens (tertiary/aromatic N) is 4. The Morgan fingerprint density at radius 2 is 0.818 bits per heavy atom. The number of aryl methyl sites for hydroxylation is 2. The highest BCUT2D eigenvalue weighted by Gasteiger charge is 2.23. The van der Waals surface area contributed by atoms with Gasteiger partial charge in [-0.1, -0.05) is 129 Å². The fourth-order valence-corrected chi connectivity index (χ4v) is 11.4. The largest absolute Gasteiger partial charge is 0.254 e. The normalized spacial score (nSPS) is 12.0. The first kappa shape index (κ1) is 40.0. The van der Waals surface area contributed by atoms with E-state index in [-0.39, 0.29) is 0 Å². The van der Waals surface area contributed by atoms with Gasteiger partial charge in [-0.25, -0.2) is 9.97 Å². The molecule has 0 saturated heterocycles. The Bertz CT molecular complexity index is 2090. The van der Waals surface area contributed by atoms with E-state index in [1.165, 1.54) is 159 Å². The van der Waals surface area contributed by atoms with Crippen LogP contribution in [0.4, 0.5) is 0 Å². The Hall–Kier alpha value is -3.26. The lowest BCUT2D eigenvalue weighted by atomic mass is 10.0. The van der Waals surface area contributed by atoms with Crippen LogP contribution in [-0.2, 0) is 12.8 Å². The van der Waals surface area contributed by atoms with Crippen molar-refractivity contribution in [1.29, 1.82) is 0 Å². The molecule has 0 atom stereocenters. The molecule has 0 spiro atoms. The number of aromatic nitrogens is 4. The fourth-order valence-electron chi connectivity index (χ4n) is 8.12. The second kappa shape index (κ2) is 20.8. The van der Waals surface area contributed by atoms with Crippen LogP contribution < -0.4 is 0 Å². The molecule has 0 unspecified atom stereocenters. The van der Waals surface area contributed by atoms with Crippen LogP contribution in [0.2, 0.25) is 0 Å². The minimum atomic E-state index is 0.890. The Kier molecular flexibility index (Phi) is 15.1. The molecule has 0 N–H and O–H groups in total. The number of pyridine rings is 2. The van der Waals surface area contributed by atoms with Gasteiger partial charge in [-0.05, 0) is 84.0 Å². The number of unbranched alkanes of at least 4 members (excludes halogenated alkanes) is 18. The zero-order chi connectivity index (χ0) is 37.7. The third-order valence-corrected chi connectivity index (χ3v) is 14.8. The number of rotatable bonds is 24. The predicted octanol–water partition coefficient (Wildman–Crippen LogP) is 16.3. The summed E-state index contributed by atoms with van der Waals surface area (Å²) in [5.74, 6) is 0. The summed E-state index contributed by atoms with van der Waals surface area (Å²) in [5.41, 5.74) is 8.54. The van der Waals surface area contributed by atoms with Crippen molar-refractivity contribution in [3.05, 3.63) is 70.7 Å². The van der Waals surface area contributed by atoms with E-state index in [0.29, 0.717) is 0 Å². The molecule has 0 radical (unpaired) electrons. The van der Waals surface area contributed by atoms with Crippen molar-refractivity contribution in [3.63, 3.8) is 0 Å². The molecular weight excluding hydrogens is 729 g/mol. The van der Waals surface area contributed by atoms with Crippen LogP contribution in [0, 0.1) is 0 Å². The van der Waals surface area contributed by atoms with Gasteiger partial charge in [0.05, 0.1) is 31.8 Å². The molecule has 7 rings (SSSR count). The SMILES string of the molecule is CCCCCCCCCCCCc1csc(-c2sc(-c3cc(CCCCCCCCCCCC)cs3)c3nc4c5cccnc5c5ncccc5c4nc23)c1. The molecule has 1 aromatic carbocycles. The maximum Gasteiger partial charge on any atom is 0.110 e. The minimum absolute atomic E-state index is 0.890. The summed E-state index contributed by atoms with van der Waals surface area (Å²) < 4.78 is 0. The molecule has 55 heavy (non-hydrogen) atoms. The topological polar surface area (TPSA) is 51.6 Å². The van der Waals surface area contributed by atoms with Crippen LogP contribution in [0.15, 0.2) is 59.6 Å². The first-order valence-electron chi connectivity index (χ1n) is 21.7. The van der Waals surface area contributed by atoms with Crippen molar-refractivity contribution in [2.75, 3.05) is 0 Å². The molecule has 0 aliphatic carbocycles. The van der Waals surface area contributed by atoms with Crippen molar-refractivity contribution < 1.29 is 0 Å². The van der Waals surface area contributed by atoms with E-state index in [0.717, 1.165) is 56.7 Å². The van der Waals surface area contributed by atoms with Crippen LogP contribution in [0.3, 0.4) is 0 Å². The summed E-state index contributed by atoms with van der Waals surface area (Å²) >= 11 is 5.62. The molecule has 0 saturated carbocycles. The number of fused-ring (bicyclic) bond motifs is 7. The van der Waals surface area contributed by atoms with Gasteiger partial charge < -0.3 is 0 Å². The van der Waals surface area contributed by atoms with Crippen LogP contribution in [0.5, 0.6) is 0 Å². The Balaban J connectivity index is 1.11. The molecule has 0 fully saturated rings. The molecule has 4 nitrogen and oxygen atoms in total. The van der Waals surface area contributed by atoms with E-state index in [2.05, 4.69) is 48.9 Å². The second-order valence-corrected chi connectivity index (χ2v) is 18.5. The summed E-state index contributed by atoms with van der Waals surface area (Å²) in [5, 5.41) is 6.80. The van der Waals surface area contributed by atoms with Gasteiger partial charge in [0.2, 0.25) is 0 Å². The summed E-state index contributed by atoms with van der Waals surface area (Å²) in [6.07, 6.45) is 33.4. The van der Waals surface area contributed by atoms with Gasteiger partial charge in [0.25, 0.3) is 0 Å². The van der Waals surface area contributed by atoms with Crippen molar-refractivity contribution in [2.24, 2.45) is 0 Å². The molecule has 290 valence electrons. The molecule has 7 aromatic rings. The first-order chi connectivity index (χ1) is 27.2. The van der Waals surface area contributed by atoms with E-state index >= 15 is 0 Å².